The van der Waals surface area contributed by atoms with Gasteiger partial charge >= 0.3 is 0 Å². The van der Waals surface area contributed by atoms with Crippen molar-refractivity contribution >= 4 is 17.7 Å². The van der Waals surface area contributed by atoms with Crippen molar-refractivity contribution in [3.8, 4) is 11.5 Å². The van der Waals surface area contributed by atoms with Gasteiger partial charge in [0.1, 0.15) is 11.5 Å². The van der Waals surface area contributed by atoms with Crippen molar-refractivity contribution in [1.82, 2.24) is 16.2 Å². The fourth-order valence-corrected chi connectivity index (χ4v) is 2.28. The summed E-state index contributed by atoms with van der Waals surface area (Å²) in [5, 5.41) is 2.63. The molecule has 1 heterocycles. The van der Waals surface area contributed by atoms with E-state index in [1.807, 2.05) is 6.92 Å². The fourth-order valence-electron chi connectivity index (χ4n) is 2.28. The van der Waals surface area contributed by atoms with Crippen LogP contribution in [-0.4, -0.2) is 37.0 Å². The van der Waals surface area contributed by atoms with E-state index in [0.29, 0.717) is 31.1 Å². The molecule has 0 spiro atoms. The zero-order valence-corrected chi connectivity index (χ0v) is 16.4. The van der Waals surface area contributed by atoms with E-state index in [2.05, 4.69) is 16.2 Å². The van der Waals surface area contributed by atoms with Crippen molar-refractivity contribution in [2.75, 3.05) is 13.2 Å². The molecule has 3 amide bonds. The van der Waals surface area contributed by atoms with Crippen LogP contribution in [0.4, 0.5) is 0 Å². The number of carbonyl (C=O) groups is 3. The minimum Gasteiger partial charge on any atom is -0.494 e. The van der Waals surface area contributed by atoms with E-state index >= 15 is 0 Å². The van der Waals surface area contributed by atoms with Gasteiger partial charge in [-0.25, -0.2) is 0 Å². The molecule has 0 bridgehead atoms. The Morgan fingerprint density at radius 1 is 1.07 bits per heavy atom. The summed E-state index contributed by atoms with van der Waals surface area (Å²) in [6.07, 6.45) is 1.14. The Morgan fingerprint density at radius 3 is 2.45 bits per heavy atom. The largest absolute Gasteiger partial charge is 0.494 e. The number of ether oxygens (including phenoxy) is 2. The molecule has 0 radical (unpaired) electrons. The number of benzene rings is 1. The molecule has 0 aliphatic carbocycles. The quantitative estimate of drug-likeness (QED) is 0.411. The van der Waals surface area contributed by atoms with Gasteiger partial charge in [0.25, 0.3) is 11.8 Å². The third-order valence-corrected chi connectivity index (χ3v) is 3.75. The van der Waals surface area contributed by atoms with Crippen molar-refractivity contribution in [1.29, 1.82) is 0 Å². The first kappa shape index (κ1) is 21.8. The Labute approximate surface area is 168 Å². The maximum atomic E-state index is 12.0. The van der Waals surface area contributed by atoms with Crippen LogP contribution in [0.2, 0.25) is 0 Å². The zero-order valence-electron chi connectivity index (χ0n) is 16.4. The standard InChI is InChI=1S/C20H25N3O6/c1-3-27-15-8-10-16(11-9-15)29-14(2)19(25)23-22-18(24)7-4-12-21-20(26)17-6-5-13-28-17/h5-6,8-11,13-14H,3-4,7,12H2,1-2H3,(H,21,26)(H,22,24)(H,23,25). The number of amides is 3. The highest BCUT2D eigenvalue weighted by Crippen LogP contribution is 2.18. The topological polar surface area (TPSA) is 119 Å². The van der Waals surface area contributed by atoms with Crippen LogP contribution in [0, 0.1) is 0 Å². The lowest BCUT2D eigenvalue weighted by molar-refractivity contribution is -0.132. The molecule has 0 fully saturated rings. The summed E-state index contributed by atoms with van der Waals surface area (Å²) < 4.78 is 15.8. The van der Waals surface area contributed by atoms with Crippen LogP contribution in [-0.2, 0) is 9.59 Å². The normalized spacial score (nSPS) is 11.2. The molecule has 9 heteroatoms. The second-order valence-electron chi connectivity index (χ2n) is 6.04. The van der Waals surface area contributed by atoms with Crippen LogP contribution in [0.3, 0.4) is 0 Å². The van der Waals surface area contributed by atoms with Gasteiger partial charge in [-0.1, -0.05) is 0 Å². The number of hydrogen-bond donors (Lipinski definition) is 3. The minimum atomic E-state index is -0.805. The number of hydrogen-bond acceptors (Lipinski definition) is 6. The van der Waals surface area contributed by atoms with Crippen LogP contribution in [0.25, 0.3) is 0 Å². The van der Waals surface area contributed by atoms with E-state index < -0.39 is 12.0 Å². The van der Waals surface area contributed by atoms with Crippen molar-refractivity contribution in [2.45, 2.75) is 32.8 Å². The zero-order chi connectivity index (χ0) is 21.1. The SMILES string of the molecule is CCOc1ccc(OC(C)C(=O)NNC(=O)CCCNC(=O)c2ccco2)cc1. The lowest BCUT2D eigenvalue weighted by atomic mass is 10.3. The molecule has 0 aliphatic rings. The molecular weight excluding hydrogens is 378 g/mol. The van der Waals surface area contributed by atoms with E-state index in [1.165, 1.54) is 6.26 Å². The first-order chi connectivity index (χ1) is 14.0. The Hall–Kier alpha value is -3.49. The van der Waals surface area contributed by atoms with Crippen LogP contribution >= 0.6 is 0 Å². The van der Waals surface area contributed by atoms with Gasteiger partial charge in [-0.05, 0) is 56.7 Å². The predicted molar refractivity (Wildman–Crippen MR) is 104 cm³/mol. The molecule has 0 saturated carbocycles. The summed E-state index contributed by atoms with van der Waals surface area (Å²) in [5.74, 6) is 0.226. The first-order valence-corrected chi connectivity index (χ1v) is 9.29. The van der Waals surface area contributed by atoms with Crippen LogP contribution < -0.4 is 25.6 Å². The molecule has 1 aromatic carbocycles. The molecule has 2 rings (SSSR count). The summed E-state index contributed by atoms with van der Waals surface area (Å²) in [7, 11) is 0. The number of furan rings is 1. The Morgan fingerprint density at radius 2 is 1.79 bits per heavy atom. The van der Waals surface area contributed by atoms with Gasteiger partial charge in [0.2, 0.25) is 5.91 Å². The maximum Gasteiger partial charge on any atom is 0.286 e. The van der Waals surface area contributed by atoms with Gasteiger partial charge in [0.05, 0.1) is 12.9 Å². The molecule has 1 unspecified atom stereocenters. The van der Waals surface area contributed by atoms with Crippen molar-refractivity contribution in [2.24, 2.45) is 0 Å². The predicted octanol–water partition coefficient (Wildman–Crippen LogP) is 1.80. The molecule has 29 heavy (non-hydrogen) atoms. The summed E-state index contributed by atoms with van der Waals surface area (Å²) in [5.41, 5.74) is 4.64. The third-order valence-electron chi connectivity index (χ3n) is 3.75. The molecule has 0 aliphatic heterocycles. The maximum absolute atomic E-state index is 12.0. The fraction of sp³-hybridized carbons (Fsp3) is 0.350. The number of rotatable bonds is 10. The van der Waals surface area contributed by atoms with E-state index in [0.717, 1.165) is 0 Å². The summed E-state index contributed by atoms with van der Waals surface area (Å²) in [6, 6.07) is 10.1. The van der Waals surface area contributed by atoms with E-state index in [-0.39, 0.29) is 24.0 Å². The van der Waals surface area contributed by atoms with Crippen LogP contribution in [0.15, 0.2) is 47.1 Å². The average Bonchev–Trinajstić information content (AvgIpc) is 3.26. The van der Waals surface area contributed by atoms with E-state index in [9.17, 15) is 14.4 Å². The Bertz CT molecular complexity index is 789. The van der Waals surface area contributed by atoms with Crippen LogP contribution in [0.1, 0.15) is 37.2 Å². The van der Waals surface area contributed by atoms with Crippen molar-refractivity contribution < 1.29 is 28.3 Å². The minimum absolute atomic E-state index is 0.132. The molecule has 2 aromatic rings. The highest BCUT2D eigenvalue weighted by atomic mass is 16.5. The number of carbonyl (C=O) groups excluding carboxylic acids is 3. The lowest BCUT2D eigenvalue weighted by Crippen LogP contribution is -2.47. The number of hydrazine groups is 1. The molecule has 3 N–H and O–H groups in total. The van der Waals surface area contributed by atoms with Crippen molar-refractivity contribution in [3.05, 3.63) is 48.4 Å². The Kier molecular flexibility index (Phi) is 8.55. The monoisotopic (exact) mass is 403 g/mol. The molecular formula is C20H25N3O6. The summed E-state index contributed by atoms with van der Waals surface area (Å²) in [4.78, 5) is 35.5. The molecule has 1 aromatic heterocycles. The summed E-state index contributed by atoms with van der Waals surface area (Å²) in [6.45, 7) is 4.33. The van der Waals surface area contributed by atoms with Gasteiger partial charge < -0.3 is 19.2 Å². The second-order valence-corrected chi connectivity index (χ2v) is 6.04. The van der Waals surface area contributed by atoms with E-state index in [4.69, 9.17) is 13.9 Å². The van der Waals surface area contributed by atoms with Crippen LogP contribution in [0.5, 0.6) is 11.5 Å². The number of nitrogens with one attached hydrogen (secondary N) is 3. The van der Waals surface area contributed by atoms with Gasteiger partial charge in [-0.2, -0.15) is 0 Å². The molecule has 156 valence electrons. The third kappa shape index (κ3) is 7.57. The van der Waals surface area contributed by atoms with E-state index in [1.54, 1.807) is 43.3 Å². The van der Waals surface area contributed by atoms with Gasteiger partial charge in [0, 0.05) is 13.0 Å². The Balaban J connectivity index is 1.61. The molecule has 9 nitrogen and oxygen atoms in total. The average molecular weight is 403 g/mol. The molecule has 1 atom stereocenters. The van der Waals surface area contributed by atoms with Crippen molar-refractivity contribution in [3.63, 3.8) is 0 Å². The van der Waals surface area contributed by atoms with Gasteiger partial charge in [-0.3, -0.25) is 25.2 Å². The highest BCUT2D eigenvalue weighted by Gasteiger charge is 2.15. The smallest absolute Gasteiger partial charge is 0.286 e. The first-order valence-electron chi connectivity index (χ1n) is 9.29. The second kappa shape index (κ2) is 11.4. The van der Waals surface area contributed by atoms with Gasteiger partial charge in [-0.15, -0.1) is 0 Å². The van der Waals surface area contributed by atoms with Gasteiger partial charge in [0.15, 0.2) is 11.9 Å². The lowest BCUT2D eigenvalue weighted by Gasteiger charge is -2.15. The highest BCUT2D eigenvalue weighted by molar-refractivity contribution is 5.91. The summed E-state index contributed by atoms with van der Waals surface area (Å²) >= 11 is 0. The molecule has 0 saturated heterocycles.